The van der Waals surface area contributed by atoms with E-state index in [1.807, 2.05) is 29.2 Å². The highest BCUT2D eigenvalue weighted by atomic mass is 35.5. The van der Waals surface area contributed by atoms with Crippen molar-refractivity contribution in [1.29, 1.82) is 0 Å². The summed E-state index contributed by atoms with van der Waals surface area (Å²) in [6, 6.07) is 29.1. The number of hydrogen-bond donors (Lipinski definition) is 0. The molecule has 2 nitrogen and oxygen atoms in total. The largest absolute Gasteiger partial charge is 0.308 e. The minimum absolute atomic E-state index is 0.0472. The van der Waals surface area contributed by atoms with Gasteiger partial charge in [-0.1, -0.05) is 66.2 Å². The molecule has 31 heavy (non-hydrogen) atoms. The Labute approximate surface area is 191 Å². The Morgan fingerprint density at radius 2 is 1.68 bits per heavy atom. The zero-order chi connectivity index (χ0) is 21.4. The van der Waals surface area contributed by atoms with E-state index in [4.69, 9.17) is 11.6 Å². The molecule has 0 fully saturated rings. The van der Waals surface area contributed by atoms with Crippen molar-refractivity contribution in [1.82, 2.24) is 0 Å². The smallest absolute Gasteiger partial charge is 0.228 e. The fourth-order valence-corrected chi connectivity index (χ4v) is 5.01. The maximum atomic E-state index is 13.4. The molecule has 0 aliphatic carbocycles. The Bertz CT molecular complexity index is 1250. The number of carbonyl (C=O) groups is 1. The van der Waals surface area contributed by atoms with Gasteiger partial charge in [-0.25, -0.2) is 0 Å². The molecular formula is C27H22ClNOS. The maximum absolute atomic E-state index is 13.4. The van der Waals surface area contributed by atoms with E-state index in [1.165, 1.54) is 26.8 Å². The van der Waals surface area contributed by atoms with Gasteiger partial charge < -0.3 is 4.90 Å². The van der Waals surface area contributed by atoms with Gasteiger partial charge in [0, 0.05) is 27.9 Å². The van der Waals surface area contributed by atoms with E-state index < -0.39 is 0 Å². The lowest BCUT2D eigenvalue weighted by molar-refractivity contribution is -0.119. The van der Waals surface area contributed by atoms with Gasteiger partial charge in [0.05, 0.1) is 6.54 Å². The van der Waals surface area contributed by atoms with E-state index >= 15 is 0 Å². The predicted molar refractivity (Wildman–Crippen MR) is 131 cm³/mol. The average molecular weight is 444 g/mol. The standard InChI is InChI=1S/C27H22ClNOS/c1-31-22-13-8-20(9-14-22)24-16-26(30)29(17-18-6-11-21(28)12-7-18)25-15-10-19-4-2-3-5-23(19)27(24)25/h2-15,24H,16-17H2,1H3. The van der Waals surface area contributed by atoms with Crippen LogP contribution in [0.3, 0.4) is 0 Å². The summed E-state index contributed by atoms with van der Waals surface area (Å²) in [5, 5.41) is 3.12. The van der Waals surface area contributed by atoms with Crippen molar-refractivity contribution < 1.29 is 4.79 Å². The Morgan fingerprint density at radius 1 is 0.935 bits per heavy atom. The third-order valence-electron chi connectivity index (χ3n) is 6.04. The molecule has 5 rings (SSSR count). The highest BCUT2D eigenvalue weighted by molar-refractivity contribution is 7.98. The van der Waals surface area contributed by atoms with E-state index in [2.05, 4.69) is 66.9 Å². The first-order chi connectivity index (χ1) is 15.1. The molecule has 0 radical (unpaired) electrons. The van der Waals surface area contributed by atoms with Crippen LogP contribution in [0.15, 0.2) is 89.8 Å². The first-order valence-corrected chi connectivity index (χ1v) is 11.9. The zero-order valence-corrected chi connectivity index (χ0v) is 18.8. The van der Waals surface area contributed by atoms with Crippen LogP contribution in [0.5, 0.6) is 0 Å². The van der Waals surface area contributed by atoms with E-state index in [1.54, 1.807) is 11.8 Å². The molecule has 4 aromatic rings. The Balaban J connectivity index is 1.64. The number of carbonyl (C=O) groups excluding carboxylic acids is 1. The fourth-order valence-electron chi connectivity index (χ4n) is 4.47. The molecule has 1 heterocycles. The quantitative estimate of drug-likeness (QED) is 0.309. The van der Waals surface area contributed by atoms with Crippen LogP contribution >= 0.6 is 23.4 Å². The summed E-state index contributed by atoms with van der Waals surface area (Å²) in [5.74, 6) is 0.197. The van der Waals surface area contributed by atoms with E-state index in [0.717, 1.165) is 11.3 Å². The molecule has 0 saturated heterocycles. The predicted octanol–water partition coefficient (Wildman–Crippen LogP) is 7.28. The van der Waals surface area contributed by atoms with Gasteiger partial charge in [-0.05, 0) is 64.1 Å². The van der Waals surface area contributed by atoms with Gasteiger partial charge in [-0.3, -0.25) is 4.79 Å². The highest BCUT2D eigenvalue weighted by Gasteiger charge is 2.33. The molecule has 154 valence electrons. The summed E-state index contributed by atoms with van der Waals surface area (Å²) in [5.41, 5.74) is 4.50. The lowest BCUT2D eigenvalue weighted by atomic mass is 9.81. The minimum atomic E-state index is 0.0472. The summed E-state index contributed by atoms with van der Waals surface area (Å²) in [7, 11) is 0. The van der Waals surface area contributed by atoms with E-state index in [9.17, 15) is 4.79 Å². The molecular weight excluding hydrogens is 422 g/mol. The number of nitrogens with zero attached hydrogens (tertiary/aromatic N) is 1. The van der Waals surface area contributed by atoms with Crippen LogP contribution in [0, 0.1) is 0 Å². The van der Waals surface area contributed by atoms with Crippen molar-refractivity contribution in [3.8, 4) is 0 Å². The molecule has 1 atom stereocenters. The molecule has 0 aromatic heterocycles. The average Bonchev–Trinajstić information content (AvgIpc) is 2.81. The molecule has 1 aliphatic rings. The number of thioether (sulfide) groups is 1. The fraction of sp³-hybridized carbons (Fsp3) is 0.148. The molecule has 1 aliphatic heterocycles. The van der Waals surface area contributed by atoms with Gasteiger partial charge in [-0.15, -0.1) is 11.8 Å². The maximum Gasteiger partial charge on any atom is 0.228 e. The lowest BCUT2D eigenvalue weighted by Gasteiger charge is -2.35. The van der Waals surface area contributed by atoms with Crippen molar-refractivity contribution in [3.63, 3.8) is 0 Å². The van der Waals surface area contributed by atoms with E-state index in [0.29, 0.717) is 18.0 Å². The van der Waals surface area contributed by atoms with Gasteiger partial charge in [0.1, 0.15) is 0 Å². The second-order valence-electron chi connectivity index (χ2n) is 7.86. The molecule has 0 N–H and O–H groups in total. The third kappa shape index (κ3) is 3.84. The normalized spacial score (nSPS) is 15.9. The second-order valence-corrected chi connectivity index (χ2v) is 9.17. The number of hydrogen-bond acceptors (Lipinski definition) is 2. The van der Waals surface area contributed by atoms with Crippen molar-refractivity contribution in [2.45, 2.75) is 23.8 Å². The molecule has 1 unspecified atom stereocenters. The van der Waals surface area contributed by atoms with Crippen molar-refractivity contribution in [2.24, 2.45) is 0 Å². The van der Waals surface area contributed by atoms with Gasteiger partial charge in [0.2, 0.25) is 5.91 Å². The van der Waals surface area contributed by atoms with Gasteiger partial charge >= 0.3 is 0 Å². The van der Waals surface area contributed by atoms with Gasteiger partial charge in [0.15, 0.2) is 0 Å². The first kappa shape index (κ1) is 20.2. The summed E-state index contributed by atoms with van der Waals surface area (Å²) in [6.07, 6.45) is 2.55. The summed E-state index contributed by atoms with van der Waals surface area (Å²) in [4.78, 5) is 16.5. The van der Waals surface area contributed by atoms with Crippen LogP contribution in [0.4, 0.5) is 5.69 Å². The Hall–Kier alpha value is -2.75. The number of rotatable bonds is 4. The SMILES string of the molecule is CSc1ccc(C2CC(=O)N(Cc3ccc(Cl)cc3)c3ccc4ccccc4c32)cc1. The van der Waals surface area contributed by atoms with Crippen LogP contribution in [-0.2, 0) is 11.3 Å². The van der Waals surface area contributed by atoms with Crippen LogP contribution in [0.2, 0.25) is 5.02 Å². The number of anilines is 1. The van der Waals surface area contributed by atoms with Crippen LogP contribution in [-0.4, -0.2) is 12.2 Å². The molecule has 4 heteroatoms. The molecule has 1 amide bonds. The molecule has 0 bridgehead atoms. The summed E-state index contributed by atoms with van der Waals surface area (Å²) >= 11 is 7.79. The zero-order valence-electron chi connectivity index (χ0n) is 17.2. The summed E-state index contributed by atoms with van der Waals surface area (Å²) in [6.45, 7) is 0.541. The first-order valence-electron chi connectivity index (χ1n) is 10.3. The summed E-state index contributed by atoms with van der Waals surface area (Å²) < 4.78 is 0. The Morgan fingerprint density at radius 3 is 2.42 bits per heavy atom. The van der Waals surface area contributed by atoms with E-state index in [-0.39, 0.29) is 11.8 Å². The van der Waals surface area contributed by atoms with Gasteiger partial charge in [0.25, 0.3) is 0 Å². The molecule has 4 aromatic carbocycles. The van der Waals surface area contributed by atoms with Gasteiger partial charge in [-0.2, -0.15) is 0 Å². The monoisotopic (exact) mass is 443 g/mol. The third-order valence-corrected chi connectivity index (χ3v) is 7.03. The molecule has 0 saturated carbocycles. The van der Waals surface area contributed by atoms with Crippen LogP contribution < -0.4 is 4.90 Å². The van der Waals surface area contributed by atoms with Crippen molar-refractivity contribution in [2.75, 3.05) is 11.2 Å². The lowest BCUT2D eigenvalue weighted by Crippen LogP contribution is -2.36. The minimum Gasteiger partial charge on any atom is -0.308 e. The van der Waals surface area contributed by atoms with Crippen molar-refractivity contribution >= 4 is 45.7 Å². The van der Waals surface area contributed by atoms with Crippen LogP contribution in [0.25, 0.3) is 10.8 Å². The number of fused-ring (bicyclic) bond motifs is 3. The molecule has 0 spiro atoms. The number of halogens is 1. The van der Waals surface area contributed by atoms with Crippen LogP contribution in [0.1, 0.15) is 29.0 Å². The van der Waals surface area contributed by atoms with Crippen molar-refractivity contribution in [3.05, 3.63) is 107 Å². The number of amides is 1. The Kier molecular flexibility index (Phi) is 5.47. The second kappa shape index (κ2) is 8.41. The highest BCUT2D eigenvalue weighted by Crippen LogP contribution is 2.44. The topological polar surface area (TPSA) is 20.3 Å². The number of benzene rings is 4.